The van der Waals surface area contributed by atoms with Gasteiger partial charge in [0, 0.05) is 56.7 Å². The molecule has 0 saturated carbocycles. The van der Waals surface area contributed by atoms with Gasteiger partial charge in [0.25, 0.3) is 0 Å². The SMILES string of the molecule is COc1ccnc(N2CCN(Cc3cn[nH]c3)CC2)n1.I. The maximum atomic E-state index is 5.14. The van der Waals surface area contributed by atoms with Crippen LogP contribution in [0.25, 0.3) is 0 Å². The number of anilines is 1. The first-order valence-corrected chi connectivity index (χ1v) is 6.67. The van der Waals surface area contributed by atoms with Crippen molar-refractivity contribution in [1.82, 2.24) is 25.1 Å². The summed E-state index contributed by atoms with van der Waals surface area (Å²) < 4.78 is 5.14. The molecule has 0 spiro atoms. The van der Waals surface area contributed by atoms with Gasteiger partial charge in [0.15, 0.2) is 0 Å². The highest BCUT2D eigenvalue weighted by Crippen LogP contribution is 2.15. The van der Waals surface area contributed by atoms with Crippen LogP contribution in [0.15, 0.2) is 24.7 Å². The number of H-pyrrole nitrogens is 1. The fraction of sp³-hybridized carbons (Fsp3) is 0.462. The largest absolute Gasteiger partial charge is 0.481 e. The highest BCUT2D eigenvalue weighted by Gasteiger charge is 2.19. The number of aromatic nitrogens is 4. The van der Waals surface area contributed by atoms with Crippen molar-refractivity contribution in [2.24, 2.45) is 0 Å². The van der Waals surface area contributed by atoms with E-state index in [-0.39, 0.29) is 24.0 Å². The molecule has 2 aromatic rings. The molecule has 114 valence electrons. The topological polar surface area (TPSA) is 70.2 Å². The van der Waals surface area contributed by atoms with Crippen molar-refractivity contribution in [3.05, 3.63) is 30.2 Å². The number of hydrogen-bond donors (Lipinski definition) is 1. The second kappa shape index (κ2) is 7.55. The van der Waals surface area contributed by atoms with Gasteiger partial charge in [-0.05, 0) is 0 Å². The van der Waals surface area contributed by atoms with Crippen LogP contribution >= 0.6 is 24.0 Å². The number of methoxy groups -OCH3 is 1. The summed E-state index contributed by atoms with van der Waals surface area (Å²) in [5.74, 6) is 1.35. The Bertz CT molecular complexity index is 541. The van der Waals surface area contributed by atoms with Crippen LogP contribution in [0.2, 0.25) is 0 Å². The minimum absolute atomic E-state index is 0. The Balaban J connectivity index is 0.00000161. The molecular formula is C13H19IN6O. The summed E-state index contributed by atoms with van der Waals surface area (Å²) in [6.07, 6.45) is 5.55. The van der Waals surface area contributed by atoms with Gasteiger partial charge in [-0.1, -0.05) is 0 Å². The first kappa shape index (κ1) is 16.0. The average Bonchev–Trinajstić information content (AvgIpc) is 3.01. The van der Waals surface area contributed by atoms with Crippen molar-refractivity contribution in [2.75, 3.05) is 38.2 Å². The van der Waals surface area contributed by atoms with Crippen molar-refractivity contribution < 1.29 is 4.74 Å². The zero-order valence-electron chi connectivity index (χ0n) is 11.9. The summed E-state index contributed by atoms with van der Waals surface area (Å²) in [5.41, 5.74) is 1.22. The standard InChI is InChI=1S/C13H18N6O.HI/c1-20-12-2-3-14-13(17-12)19-6-4-18(5-7-19)10-11-8-15-16-9-11;/h2-3,8-9H,4-7,10H2,1H3,(H,15,16);1H. The number of rotatable bonds is 4. The predicted molar refractivity (Wildman–Crippen MR) is 90.1 cm³/mol. The first-order valence-electron chi connectivity index (χ1n) is 6.67. The van der Waals surface area contributed by atoms with Gasteiger partial charge < -0.3 is 9.64 Å². The van der Waals surface area contributed by atoms with Gasteiger partial charge in [-0.3, -0.25) is 10.00 Å². The minimum atomic E-state index is 0. The Hall–Kier alpha value is -1.42. The van der Waals surface area contributed by atoms with Gasteiger partial charge in [0.05, 0.1) is 13.3 Å². The van der Waals surface area contributed by atoms with Crippen molar-refractivity contribution in [2.45, 2.75) is 6.54 Å². The molecule has 8 heteroatoms. The normalized spacial score (nSPS) is 15.6. The lowest BCUT2D eigenvalue weighted by Gasteiger charge is -2.34. The molecule has 1 N–H and O–H groups in total. The summed E-state index contributed by atoms with van der Waals surface area (Å²) in [7, 11) is 1.62. The maximum absolute atomic E-state index is 5.14. The average molecular weight is 402 g/mol. The van der Waals surface area contributed by atoms with Crippen LogP contribution in [0.4, 0.5) is 5.95 Å². The first-order chi connectivity index (χ1) is 9.85. The van der Waals surface area contributed by atoms with E-state index in [9.17, 15) is 0 Å². The lowest BCUT2D eigenvalue weighted by Crippen LogP contribution is -2.46. The van der Waals surface area contributed by atoms with Gasteiger partial charge in [-0.15, -0.1) is 24.0 Å². The van der Waals surface area contributed by atoms with Crippen molar-refractivity contribution in [3.8, 4) is 5.88 Å². The molecule has 3 heterocycles. The van der Waals surface area contributed by atoms with Gasteiger partial charge in [0.1, 0.15) is 0 Å². The highest BCUT2D eigenvalue weighted by atomic mass is 127. The van der Waals surface area contributed by atoms with E-state index in [1.807, 2.05) is 12.4 Å². The molecule has 0 atom stereocenters. The zero-order chi connectivity index (χ0) is 13.8. The number of piperazine rings is 1. The van der Waals surface area contributed by atoms with E-state index in [2.05, 4.69) is 30.0 Å². The third-order valence-electron chi connectivity index (χ3n) is 3.44. The molecule has 2 aromatic heterocycles. The van der Waals surface area contributed by atoms with Crippen LogP contribution in [0, 0.1) is 0 Å². The summed E-state index contributed by atoms with van der Waals surface area (Å²) in [6, 6.07) is 1.76. The smallest absolute Gasteiger partial charge is 0.228 e. The summed E-state index contributed by atoms with van der Waals surface area (Å²) in [4.78, 5) is 13.3. The van der Waals surface area contributed by atoms with E-state index in [0.29, 0.717) is 5.88 Å². The quantitative estimate of drug-likeness (QED) is 0.774. The molecule has 1 fully saturated rings. The second-order valence-electron chi connectivity index (χ2n) is 4.77. The zero-order valence-corrected chi connectivity index (χ0v) is 14.2. The number of halogens is 1. The minimum Gasteiger partial charge on any atom is -0.481 e. The van der Waals surface area contributed by atoms with Crippen LogP contribution in [0.1, 0.15) is 5.56 Å². The summed E-state index contributed by atoms with van der Waals surface area (Å²) in [5, 5.41) is 6.82. The molecule has 3 rings (SSSR count). The lowest BCUT2D eigenvalue weighted by molar-refractivity contribution is 0.248. The van der Waals surface area contributed by atoms with Crippen LogP contribution < -0.4 is 9.64 Å². The van der Waals surface area contributed by atoms with Crippen molar-refractivity contribution in [3.63, 3.8) is 0 Å². The Morgan fingerprint density at radius 1 is 1.29 bits per heavy atom. The maximum Gasteiger partial charge on any atom is 0.228 e. The monoisotopic (exact) mass is 402 g/mol. The third-order valence-corrected chi connectivity index (χ3v) is 3.44. The number of ether oxygens (including phenoxy) is 1. The van der Waals surface area contributed by atoms with E-state index in [1.54, 1.807) is 19.4 Å². The number of nitrogens with one attached hydrogen (secondary N) is 1. The van der Waals surface area contributed by atoms with Crippen LogP contribution in [-0.4, -0.2) is 58.4 Å². The molecule has 0 aliphatic carbocycles. The van der Waals surface area contributed by atoms with Gasteiger partial charge in [-0.2, -0.15) is 10.1 Å². The second-order valence-corrected chi connectivity index (χ2v) is 4.77. The molecule has 7 nitrogen and oxygen atoms in total. The lowest BCUT2D eigenvalue weighted by atomic mass is 10.2. The molecule has 1 aliphatic rings. The van der Waals surface area contributed by atoms with Crippen LogP contribution in [0.3, 0.4) is 0 Å². The predicted octanol–water partition coefficient (Wildman–Crippen LogP) is 1.15. The molecule has 0 amide bonds. The number of hydrogen-bond acceptors (Lipinski definition) is 6. The number of nitrogens with zero attached hydrogens (tertiary/aromatic N) is 5. The summed E-state index contributed by atoms with van der Waals surface area (Å²) in [6.45, 7) is 4.76. The van der Waals surface area contributed by atoms with E-state index in [1.165, 1.54) is 5.56 Å². The van der Waals surface area contributed by atoms with E-state index in [4.69, 9.17) is 4.74 Å². The highest BCUT2D eigenvalue weighted by molar-refractivity contribution is 14.0. The molecule has 0 bridgehead atoms. The Morgan fingerprint density at radius 3 is 2.76 bits per heavy atom. The van der Waals surface area contributed by atoms with Gasteiger partial charge in [-0.25, -0.2) is 4.98 Å². The third kappa shape index (κ3) is 4.03. The summed E-state index contributed by atoms with van der Waals surface area (Å²) >= 11 is 0. The van der Waals surface area contributed by atoms with Crippen LogP contribution in [-0.2, 0) is 6.54 Å². The van der Waals surface area contributed by atoms with E-state index in [0.717, 1.165) is 38.7 Å². The van der Waals surface area contributed by atoms with E-state index < -0.39 is 0 Å². The van der Waals surface area contributed by atoms with Crippen LogP contribution in [0.5, 0.6) is 5.88 Å². The van der Waals surface area contributed by atoms with Gasteiger partial charge >= 0.3 is 0 Å². The van der Waals surface area contributed by atoms with Crippen molar-refractivity contribution >= 4 is 29.9 Å². The molecule has 1 aliphatic heterocycles. The number of aromatic amines is 1. The Kier molecular flexibility index (Phi) is 5.74. The molecule has 1 saturated heterocycles. The fourth-order valence-corrected chi connectivity index (χ4v) is 2.33. The molecule has 0 aromatic carbocycles. The molecule has 0 radical (unpaired) electrons. The molecular weight excluding hydrogens is 383 g/mol. The Morgan fingerprint density at radius 2 is 2.10 bits per heavy atom. The molecule has 21 heavy (non-hydrogen) atoms. The van der Waals surface area contributed by atoms with Crippen molar-refractivity contribution in [1.29, 1.82) is 0 Å². The van der Waals surface area contributed by atoms with E-state index >= 15 is 0 Å². The fourth-order valence-electron chi connectivity index (χ4n) is 2.33. The molecule has 0 unspecified atom stereocenters. The van der Waals surface area contributed by atoms with Gasteiger partial charge in [0.2, 0.25) is 11.8 Å². The Labute approximate surface area is 140 Å².